The van der Waals surface area contributed by atoms with Gasteiger partial charge in [0.2, 0.25) is 0 Å². The van der Waals surface area contributed by atoms with Crippen LogP contribution in [0.25, 0.3) is 0 Å². The molecule has 1 fully saturated rings. The minimum absolute atomic E-state index is 0.0447. The normalized spacial score (nSPS) is 23.3. The molecule has 1 aromatic rings. The predicted molar refractivity (Wildman–Crippen MR) is 71.3 cm³/mol. The van der Waals surface area contributed by atoms with Gasteiger partial charge in [-0.25, -0.2) is 0 Å². The zero-order valence-corrected chi connectivity index (χ0v) is 11.8. The summed E-state index contributed by atoms with van der Waals surface area (Å²) in [6.07, 6.45) is 1.95. The van der Waals surface area contributed by atoms with Gasteiger partial charge in [-0.3, -0.25) is 0 Å². The molecular weight excluding hydrogens is 244 g/mol. The maximum atomic E-state index is 5.75. The lowest BCUT2D eigenvalue weighted by Gasteiger charge is -2.28. The van der Waals surface area contributed by atoms with Crippen LogP contribution in [0.15, 0.2) is 0 Å². The summed E-state index contributed by atoms with van der Waals surface area (Å²) in [7, 11) is 0. The number of aromatic nitrogens is 3. The first-order valence-corrected chi connectivity index (χ1v) is 6.94. The molecule has 6 nitrogen and oxygen atoms in total. The van der Waals surface area contributed by atoms with E-state index in [0.717, 1.165) is 37.3 Å². The molecule has 2 heterocycles. The molecule has 0 saturated carbocycles. The number of hydrogen-bond acceptors (Lipinski definition) is 6. The molecule has 1 aliphatic heterocycles. The molecule has 2 atom stereocenters. The molecule has 0 aromatic carbocycles. The van der Waals surface area contributed by atoms with E-state index in [1.165, 1.54) is 0 Å². The lowest BCUT2D eigenvalue weighted by atomic mass is 10.2. The average Bonchev–Trinajstić information content (AvgIpc) is 2.45. The van der Waals surface area contributed by atoms with Crippen LogP contribution in [0.1, 0.15) is 32.2 Å². The van der Waals surface area contributed by atoms with Crippen molar-refractivity contribution in [2.75, 3.05) is 19.7 Å². The minimum Gasteiger partial charge on any atom is -0.460 e. The molecule has 1 aromatic heterocycles. The SMILES string of the molecule is CCc1nnc(OCC2CNCC(C)O2)nc1CC. The van der Waals surface area contributed by atoms with Gasteiger partial charge in [0.1, 0.15) is 12.7 Å². The Morgan fingerprint density at radius 2 is 2.00 bits per heavy atom. The highest BCUT2D eigenvalue weighted by Crippen LogP contribution is 2.10. The summed E-state index contributed by atoms with van der Waals surface area (Å²) in [5, 5.41) is 11.5. The molecule has 0 bridgehead atoms. The fraction of sp³-hybridized carbons (Fsp3) is 0.769. The van der Waals surface area contributed by atoms with Crippen molar-refractivity contribution < 1.29 is 9.47 Å². The molecular formula is C13H22N4O2. The lowest BCUT2D eigenvalue weighted by molar-refractivity contribution is -0.0485. The highest BCUT2D eigenvalue weighted by molar-refractivity contribution is 5.11. The van der Waals surface area contributed by atoms with Crippen LogP contribution in [-0.4, -0.2) is 47.1 Å². The largest absolute Gasteiger partial charge is 0.460 e. The van der Waals surface area contributed by atoms with Gasteiger partial charge in [-0.15, -0.1) is 5.10 Å². The van der Waals surface area contributed by atoms with E-state index in [1.54, 1.807) is 0 Å². The molecule has 1 N–H and O–H groups in total. The van der Waals surface area contributed by atoms with Gasteiger partial charge in [0, 0.05) is 13.1 Å². The van der Waals surface area contributed by atoms with Crippen molar-refractivity contribution in [3.8, 4) is 6.01 Å². The molecule has 0 aliphatic carbocycles. The Balaban J connectivity index is 1.92. The van der Waals surface area contributed by atoms with Gasteiger partial charge in [0.15, 0.2) is 0 Å². The number of morpholine rings is 1. The van der Waals surface area contributed by atoms with Crippen LogP contribution in [0, 0.1) is 0 Å². The first-order chi connectivity index (χ1) is 9.22. The van der Waals surface area contributed by atoms with Crippen molar-refractivity contribution in [2.45, 2.75) is 45.8 Å². The van der Waals surface area contributed by atoms with Crippen LogP contribution in [0.2, 0.25) is 0 Å². The molecule has 1 saturated heterocycles. The summed E-state index contributed by atoms with van der Waals surface area (Å²) >= 11 is 0. The molecule has 19 heavy (non-hydrogen) atoms. The summed E-state index contributed by atoms with van der Waals surface area (Å²) in [5.74, 6) is 0. The smallest absolute Gasteiger partial charge is 0.336 e. The fourth-order valence-corrected chi connectivity index (χ4v) is 2.12. The Bertz CT molecular complexity index is 414. The molecule has 2 rings (SSSR count). The van der Waals surface area contributed by atoms with Gasteiger partial charge in [-0.2, -0.15) is 4.98 Å². The summed E-state index contributed by atoms with van der Waals surface area (Å²) < 4.78 is 11.3. The number of ether oxygens (including phenoxy) is 2. The van der Waals surface area contributed by atoms with Crippen LogP contribution in [0.3, 0.4) is 0 Å². The summed E-state index contributed by atoms with van der Waals surface area (Å²) in [6.45, 7) is 8.29. The highest BCUT2D eigenvalue weighted by atomic mass is 16.5. The van der Waals surface area contributed by atoms with Crippen molar-refractivity contribution in [1.82, 2.24) is 20.5 Å². The highest BCUT2D eigenvalue weighted by Gasteiger charge is 2.19. The summed E-state index contributed by atoms with van der Waals surface area (Å²) in [5.41, 5.74) is 1.91. The van der Waals surface area contributed by atoms with E-state index in [1.807, 2.05) is 13.8 Å². The van der Waals surface area contributed by atoms with E-state index in [2.05, 4.69) is 27.4 Å². The Labute approximate surface area is 113 Å². The van der Waals surface area contributed by atoms with E-state index < -0.39 is 0 Å². The molecule has 2 unspecified atom stereocenters. The van der Waals surface area contributed by atoms with Crippen molar-refractivity contribution in [3.05, 3.63) is 11.4 Å². The first-order valence-electron chi connectivity index (χ1n) is 6.94. The topological polar surface area (TPSA) is 69.2 Å². The van der Waals surface area contributed by atoms with Gasteiger partial charge in [0.05, 0.1) is 17.5 Å². The third-order valence-electron chi connectivity index (χ3n) is 3.12. The van der Waals surface area contributed by atoms with Crippen molar-refractivity contribution in [1.29, 1.82) is 0 Å². The van der Waals surface area contributed by atoms with E-state index in [0.29, 0.717) is 12.6 Å². The molecule has 0 radical (unpaired) electrons. The van der Waals surface area contributed by atoms with Crippen LogP contribution < -0.4 is 10.1 Å². The van der Waals surface area contributed by atoms with Crippen molar-refractivity contribution in [3.63, 3.8) is 0 Å². The molecule has 106 valence electrons. The fourth-order valence-electron chi connectivity index (χ4n) is 2.12. The second-order valence-corrected chi connectivity index (χ2v) is 4.73. The maximum Gasteiger partial charge on any atom is 0.336 e. The van der Waals surface area contributed by atoms with E-state index >= 15 is 0 Å². The van der Waals surface area contributed by atoms with E-state index in [-0.39, 0.29) is 12.2 Å². The number of nitrogens with zero attached hydrogens (tertiary/aromatic N) is 3. The van der Waals surface area contributed by atoms with Crippen LogP contribution >= 0.6 is 0 Å². The van der Waals surface area contributed by atoms with E-state index in [4.69, 9.17) is 9.47 Å². The van der Waals surface area contributed by atoms with Crippen molar-refractivity contribution in [2.24, 2.45) is 0 Å². The van der Waals surface area contributed by atoms with Gasteiger partial charge in [-0.1, -0.05) is 18.9 Å². The standard InChI is InChI=1S/C13H22N4O2/c1-4-11-12(5-2)16-17-13(15-11)18-8-10-7-14-6-9(3)19-10/h9-10,14H,4-8H2,1-3H3. The number of nitrogens with one attached hydrogen (secondary N) is 1. The predicted octanol–water partition coefficient (Wildman–Crippen LogP) is 0.752. The molecule has 6 heteroatoms. The number of rotatable bonds is 5. The molecule has 0 spiro atoms. The quantitative estimate of drug-likeness (QED) is 0.848. The Morgan fingerprint density at radius 1 is 1.21 bits per heavy atom. The van der Waals surface area contributed by atoms with Gasteiger partial charge in [-0.05, 0) is 19.8 Å². The van der Waals surface area contributed by atoms with Crippen LogP contribution in [0.4, 0.5) is 0 Å². The average molecular weight is 266 g/mol. The Kier molecular flexibility index (Phi) is 5.04. The monoisotopic (exact) mass is 266 g/mol. The van der Waals surface area contributed by atoms with Crippen LogP contribution in [-0.2, 0) is 17.6 Å². The third-order valence-corrected chi connectivity index (χ3v) is 3.12. The van der Waals surface area contributed by atoms with Gasteiger partial charge in [0.25, 0.3) is 0 Å². The zero-order chi connectivity index (χ0) is 13.7. The first kappa shape index (κ1) is 14.1. The van der Waals surface area contributed by atoms with Gasteiger partial charge < -0.3 is 14.8 Å². The third kappa shape index (κ3) is 3.84. The number of hydrogen-bond donors (Lipinski definition) is 1. The summed E-state index contributed by atoms with van der Waals surface area (Å²) in [4.78, 5) is 4.39. The van der Waals surface area contributed by atoms with Crippen molar-refractivity contribution >= 4 is 0 Å². The molecule has 0 amide bonds. The molecule has 1 aliphatic rings. The summed E-state index contributed by atoms with van der Waals surface area (Å²) in [6, 6.07) is 0.343. The van der Waals surface area contributed by atoms with Crippen LogP contribution in [0.5, 0.6) is 6.01 Å². The minimum atomic E-state index is 0.0447. The maximum absolute atomic E-state index is 5.75. The Hall–Kier alpha value is -1.27. The zero-order valence-electron chi connectivity index (χ0n) is 11.8. The second-order valence-electron chi connectivity index (χ2n) is 4.73. The number of aryl methyl sites for hydroxylation is 2. The van der Waals surface area contributed by atoms with E-state index in [9.17, 15) is 0 Å². The van der Waals surface area contributed by atoms with Gasteiger partial charge >= 0.3 is 6.01 Å². The second kappa shape index (κ2) is 6.77. The lowest BCUT2D eigenvalue weighted by Crippen LogP contribution is -2.46. The Morgan fingerprint density at radius 3 is 2.68 bits per heavy atom.